The molecule has 1 atom stereocenters. The molecule has 1 aliphatic rings. The monoisotopic (exact) mass is 266 g/mol. The third-order valence-electron chi connectivity index (χ3n) is 3.53. The van der Waals surface area contributed by atoms with E-state index in [9.17, 15) is 4.79 Å². The van der Waals surface area contributed by atoms with Gasteiger partial charge in [0, 0.05) is 11.4 Å². The van der Waals surface area contributed by atoms with Gasteiger partial charge in [-0.2, -0.15) is 0 Å². The molecule has 18 heavy (non-hydrogen) atoms. The van der Waals surface area contributed by atoms with Gasteiger partial charge in [0.1, 0.15) is 5.75 Å². The first-order chi connectivity index (χ1) is 8.65. The molecule has 98 valence electrons. The van der Waals surface area contributed by atoms with E-state index in [1.807, 2.05) is 19.1 Å². The van der Waals surface area contributed by atoms with Gasteiger partial charge in [-0.15, -0.1) is 0 Å². The zero-order valence-electron chi connectivity index (χ0n) is 10.7. The molecule has 3 heteroatoms. The number of ketones is 1. The van der Waals surface area contributed by atoms with Crippen LogP contribution in [0.15, 0.2) is 24.3 Å². The fourth-order valence-corrected chi connectivity index (χ4v) is 2.66. The fraction of sp³-hybridized carbons (Fsp3) is 0.533. The largest absolute Gasteiger partial charge is 0.483 e. The molecule has 0 heterocycles. The molecular weight excluding hydrogens is 248 g/mol. The Morgan fingerprint density at radius 3 is 2.83 bits per heavy atom. The predicted molar refractivity (Wildman–Crippen MR) is 73.1 cm³/mol. The molecule has 1 aromatic rings. The van der Waals surface area contributed by atoms with Gasteiger partial charge in [0.15, 0.2) is 11.9 Å². The average Bonchev–Trinajstić information content (AvgIpc) is 2.81. The lowest BCUT2D eigenvalue weighted by Crippen LogP contribution is -2.25. The summed E-state index contributed by atoms with van der Waals surface area (Å²) in [5, 5.41) is 0.628. The highest BCUT2D eigenvalue weighted by Crippen LogP contribution is 2.28. The minimum absolute atomic E-state index is 0.196. The van der Waals surface area contributed by atoms with Gasteiger partial charge in [0.05, 0.1) is 0 Å². The number of ether oxygens (including phenoxy) is 1. The zero-order valence-corrected chi connectivity index (χ0v) is 11.5. The first-order valence-electron chi connectivity index (χ1n) is 6.60. The zero-order chi connectivity index (χ0) is 13.0. The number of carbonyl (C=O) groups is 1. The fourth-order valence-electron chi connectivity index (χ4n) is 2.48. The Labute approximate surface area is 113 Å². The van der Waals surface area contributed by atoms with Crippen LogP contribution in [0.4, 0.5) is 0 Å². The SMILES string of the molecule is CC(Oc1cccc(Cl)c1)C(=O)CC1CCCC1. The third kappa shape index (κ3) is 3.74. The van der Waals surface area contributed by atoms with Gasteiger partial charge in [-0.05, 0) is 31.0 Å². The van der Waals surface area contributed by atoms with Crippen LogP contribution in [-0.2, 0) is 4.79 Å². The van der Waals surface area contributed by atoms with E-state index in [4.69, 9.17) is 16.3 Å². The quantitative estimate of drug-likeness (QED) is 0.796. The molecule has 0 aliphatic heterocycles. The first kappa shape index (κ1) is 13.4. The maximum atomic E-state index is 12.0. The lowest BCUT2D eigenvalue weighted by Gasteiger charge is -2.16. The van der Waals surface area contributed by atoms with Crippen LogP contribution in [0.1, 0.15) is 39.0 Å². The van der Waals surface area contributed by atoms with Crippen LogP contribution in [0.3, 0.4) is 0 Å². The topological polar surface area (TPSA) is 26.3 Å². The summed E-state index contributed by atoms with van der Waals surface area (Å²) in [5.74, 6) is 1.43. The number of hydrogen-bond acceptors (Lipinski definition) is 2. The number of hydrogen-bond donors (Lipinski definition) is 0. The first-order valence-corrected chi connectivity index (χ1v) is 6.98. The van der Waals surface area contributed by atoms with Gasteiger partial charge >= 0.3 is 0 Å². The number of Topliss-reactive ketones (excluding diaryl/α,β-unsaturated/α-hetero) is 1. The summed E-state index contributed by atoms with van der Waals surface area (Å²) in [6.07, 6.45) is 5.18. The van der Waals surface area contributed by atoms with Crippen LogP contribution in [0, 0.1) is 5.92 Å². The van der Waals surface area contributed by atoms with Gasteiger partial charge in [-0.1, -0.05) is 43.4 Å². The van der Waals surface area contributed by atoms with E-state index < -0.39 is 0 Å². The maximum absolute atomic E-state index is 12.0. The minimum atomic E-state index is -0.385. The molecule has 0 saturated heterocycles. The smallest absolute Gasteiger partial charge is 0.173 e. The Morgan fingerprint density at radius 2 is 2.17 bits per heavy atom. The number of carbonyl (C=O) groups excluding carboxylic acids is 1. The summed E-state index contributed by atoms with van der Waals surface area (Å²) in [4.78, 5) is 12.0. The van der Waals surface area contributed by atoms with E-state index in [2.05, 4.69) is 0 Å². The van der Waals surface area contributed by atoms with Crippen LogP contribution in [0.2, 0.25) is 5.02 Å². The van der Waals surface area contributed by atoms with E-state index in [0.717, 1.165) is 0 Å². The van der Waals surface area contributed by atoms with Crippen LogP contribution < -0.4 is 4.74 Å². The van der Waals surface area contributed by atoms with Crippen LogP contribution >= 0.6 is 11.6 Å². The summed E-state index contributed by atoms with van der Waals surface area (Å²) < 4.78 is 5.63. The van der Waals surface area contributed by atoms with Crippen molar-refractivity contribution in [2.45, 2.75) is 45.1 Å². The predicted octanol–water partition coefficient (Wildman–Crippen LogP) is 4.26. The van der Waals surface area contributed by atoms with Gasteiger partial charge < -0.3 is 4.74 Å². The standard InChI is InChI=1S/C15H19ClO2/c1-11(15(17)9-12-5-2-3-6-12)18-14-8-4-7-13(16)10-14/h4,7-8,10-12H,2-3,5-6,9H2,1H3. The van der Waals surface area contributed by atoms with Crippen LogP contribution in [0.5, 0.6) is 5.75 Å². The molecule has 2 nitrogen and oxygen atoms in total. The Kier molecular flexibility index (Phi) is 4.65. The normalized spacial score (nSPS) is 17.7. The second-order valence-corrected chi connectivity index (χ2v) is 5.47. The lowest BCUT2D eigenvalue weighted by atomic mass is 9.99. The Hall–Kier alpha value is -1.02. The van der Waals surface area contributed by atoms with Crippen molar-refractivity contribution >= 4 is 17.4 Å². The molecule has 1 unspecified atom stereocenters. The molecule has 2 rings (SSSR count). The summed E-state index contributed by atoms with van der Waals surface area (Å²) >= 11 is 5.88. The summed E-state index contributed by atoms with van der Waals surface area (Å²) in [7, 11) is 0. The van der Waals surface area contributed by atoms with Gasteiger partial charge in [-0.3, -0.25) is 4.79 Å². The number of halogens is 1. The molecule has 1 saturated carbocycles. The van der Waals surface area contributed by atoms with Gasteiger partial charge in [0.2, 0.25) is 0 Å². The van der Waals surface area contributed by atoms with Crippen molar-refractivity contribution in [3.8, 4) is 5.75 Å². The minimum Gasteiger partial charge on any atom is -0.483 e. The molecule has 1 aliphatic carbocycles. The van der Waals surface area contributed by atoms with Gasteiger partial charge in [-0.25, -0.2) is 0 Å². The van der Waals surface area contributed by atoms with E-state index >= 15 is 0 Å². The van der Waals surface area contributed by atoms with Gasteiger partial charge in [0.25, 0.3) is 0 Å². The molecule has 0 radical (unpaired) electrons. The van der Waals surface area contributed by atoms with Crippen molar-refractivity contribution in [3.05, 3.63) is 29.3 Å². The summed E-state index contributed by atoms with van der Waals surface area (Å²) in [6, 6.07) is 7.18. The number of rotatable bonds is 5. The highest BCUT2D eigenvalue weighted by molar-refractivity contribution is 6.30. The van der Waals surface area contributed by atoms with E-state index in [0.29, 0.717) is 23.1 Å². The number of benzene rings is 1. The van der Waals surface area contributed by atoms with Crippen molar-refractivity contribution in [1.82, 2.24) is 0 Å². The molecule has 1 aromatic carbocycles. The molecule has 1 fully saturated rings. The lowest BCUT2D eigenvalue weighted by molar-refractivity contribution is -0.126. The molecule has 0 amide bonds. The molecule has 0 bridgehead atoms. The van der Waals surface area contributed by atoms with Crippen molar-refractivity contribution < 1.29 is 9.53 Å². The highest BCUT2D eigenvalue weighted by Gasteiger charge is 2.22. The Bertz CT molecular complexity index is 411. The molecule has 0 N–H and O–H groups in total. The average molecular weight is 267 g/mol. The summed E-state index contributed by atoms with van der Waals surface area (Å²) in [6.45, 7) is 1.82. The summed E-state index contributed by atoms with van der Waals surface area (Å²) in [5.41, 5.74) is 0. The Balaban J connectivity index is 1.86. The second-order valence-electron chi connectivity index (χ2n) is 5.04. The Morgan fingerprint density at radius 1 is 1.44 bits per heavy atom. The molecule has 0 spiro atoms. The molecular formula is C15H19ClO2. The second kappa shape index (κ2) is 6.24. The van der Waals surface area contributed by atoms with Crippen LogP contribution in [-0.4, -0.2) is 11.9 Å². The highest BCUT2D eigenvalue weighted by atomic mass is 35.5. The van der Waals surface area contributed by atoms with Crippen molar-refractivity contribution in [2.24, 2.45) is 5.92 Å². The third-order valence-corrected chi connectivity index (χ3v) is 3.76. The maximum Gasteiger partial charge on any atom is 0.173 e. The van der Waals surface area contributed by atoms with E-state index in [1.165, 1.54) is 25.7 Å². The van der Waals surface area contributed by atoms with E-state index in [1.54, 1.807) is 12.1 Å². The van der Waals surface area contributed by atoms with Crippen molar-refractivity contribution in [3.63, 3.8) is 0 Å². The van der Waals surface area contributed by atoms with E-state index in [-0.39, 0.29) is 11.9 Å². The molecule has 0 aromatic heterocycles. The van der Waals surface area contributed by atoms with Crippen molar-refractivity contribution in [1.29, 1.82) is 0 Å². The van der Waals surface area contributed by atoms with Crippen molar-refractivity contribution in [2.75, 3.05) is 0 Å². The van der Waals surface area contributed by atoms with Crippen LogP contribution in [0.25, 0.3) is 0 Å².